The van der Waals surface area contributed by atoms with E-state index < -0.39 is 0 Å². The van der Waals surface area contributed by atoms with Gasteiger partial charge in [-0.15, -0.1) is 0 Å². The number of aromatic amines is 1. The van der Waals surface area contributed by atoms with E-state index in [0.29, 0.717) is 11.3 Å². The molecular weight excluding hydrogens is 302 g/mol. The highest BCUT2D eigenvalue weighted by Crippen LogP contribution is 2.19. The van der Waals surface area contributed by atoms with Crippen molar-refractivity contribution < 1.29 is 9.59 Å². The monoisotopic (exact) mass is 319 g/mol. The summed E-state index contributed by atoms with van der Waals surface area (Å²) in [6, 6.07) is 14.7. The van der Waals surface area contributed by atoms with Crippen molar-refractivity contribution >= 4 is 34.5 Å². The summed E-state index contributed by atoms with van der Waals surface area (Å²) >= 11 is 0. The second-order valence-corrected chi connectivity index (χ2v) is 5.27. The van der Waals surface area contributed by atoms with Crippen LogP contribution in [0.15, 0.2) is 60.8 Å². The van der Waals surface area contributed by atoms with Crippen LogP contribution >= 0.6 is 0 Å². The molecule has 3 rings (SSSR count). The van der Waals surface area contributed by atoms with Crippen molar-refractivity contribution in [3.05, 3.63) is 71.9 Å². The zero-order valence-electron chi connectivity index (χ0n) is 13.2. The maximum Gasteiger partial charge on any atom is 0.251 e. The third kappa shape index (κ3) is 3.35. The molecular formula is C19H17N3O2. The Labute approximate surface area is 139 Å². The summed E-state index contributed by atoms with van der Waals surface area (Å²) in [5.41, 5.74) is 3.04. The van der Waals surface area contributed by atoms with Gasteiger partial charge in [0, 0.05) is 41.5 Å². The fourth-order valence-electron chi connectivity index (χ4n) is 2.46. The number of hydrogen-bond donors (Lipinski definition) is 3. The number of hydrogen-bond acceptors (Lipinski definition) is 2. The van der Waals surface area contributed by atoms with E-state index in [2.05, 4.69) is 15.6 Å². The number of para-hydroxylation sites is 1. The molecule has 0 radical (unpaired) electrons. The van der Waals surface area contributed by atoms with Gasteiger partial charge >= 0.3 is 0 Å². The first-order valence-corrected chi connectivity index (χ1v) is 7.54. The highest BCUT2D eigenvalue weighted by molar-refractivity contribution is 6.04. The van der Waals surface area contributed by atoms with Crippen LogP contribution in [-0.2, 0) is 4.79 Å². The SMILES string of the molecule is CNC(=O)c1cccc(NC(=O)C=Cc2c[nH]c3ccccc23)c1. The molecule has 0 saturated carbocycles. The molecule has 2 amide bonds. The van der Waals surface area contributed by atoms with Crippen LogP contribution in [0, 0.1) is 0 Å². The number of H-pyrrole nitrogens is 1. The Morgan fingerprint density at radius 3 is 2.75 bits per heavy atom. The second kappa shape index (κ2) is 6.83. The minimum absolute atomic E-state index is 0.194. The molecule has 120 valence electrons. The summed E-state index contributed by atoms with van der Waals surface area (Å²) in [6.07, 6.45) is 5.10. The van der Waals surface area contributed by atoms with Gasteiger partial charge in [0.1, 0.15) is 0 Å². The van der Waals surface area contributed by atoms with Crippen LogP contribution in [0.5, 0.6) is 0 Å². The smallest absolute Gasteiger partial charge is 0.251 e. The zero-order valence-corrected chi connectivity index (χ0v) is 13.2. The third-order valence-corrected chi connectivity index (χ3v) is 3.65. The Hall–Kier alpha value is -3.34. The van der Waals surface area contributed by atoms with Gasteiger partial charge in [-0.25, -0.2) is 0 Å². The van der Waals surface area contributed by atoms with Gasteiger partial charge in [-0.3, -0.25) is 9.59 Å². The number of carbonyl (C=O) groups is 2. The van der Waals surface area contributed by atoms with Gasteiger partial charge in [0.05, 0.1) is 0 Å². The van der Waals surface area contributed by atoms with Crippen molar-refractivity contribution in [2.24, 2.45) is 0 Å². The van der Waals surface area contributed by atoms with Crippen LogP contribution in [0.25, 0.3) is 17.0 Å². The molecule has 0 unspecified atom stereocenters. The Morgan fingerprint density at radius 2 is 1.92 bits per heavy atom. The molecule has 2 aromatic carbocycles. The zero-order chi connectivity index (χ0) is 16.9. The largest absolute Gasteiger partial charge is 0.361 e. The van der Waals surface area contributed by atoms with Gasteiger partial charge in [-0.2, -0.15) is 0 Å². The van der Waals surface area contributed by atoms with E-state index in [1.165, 1.54) is 6.08 Å². The number of anilines is 1. The van der Waals surface area contributed by atoms with Crippen LogP contribution in [0.2, 0.25) is 0 Å². The summed E-state index contributed by atoms with van der Waals surface area (Å²) in [6.45, 7) is 0. The molecule has 0 fully saturated rings. The lowest BCUT2D eigenvalue weighted by Gasteiger charge is -2.04. The van der Waals surface area contributed by atoms with E-state index in [0.717, 1.165) is 16.5 Å². The standard InChI is InChI=1S/C19H17N3O2/c1-20-19(24)13-5-4-6-15(11-13)22-18(23)10-9-14-12-21-17-8-3-2-7-16(14)17/h2-12,21H,1H3,(H,20,24)(H,22,23). The summed E-state index contributed by atoms with van der Waals surface area (Å²) in [7, 11) is 1.57. The van der Waals surface area contributed by atoms with Crippen LogP contribution < -0.4 is 10.6 Å². The molecule has 0 bridgehead atoms. The first-order valence-electron chi connectivity index (χ1n) is 7.54. The molecule has 0 aliphatic heterocycles. The van der Waals surface area contributed by atoms with E-state index >= 15 is 0 Å². The Morgan fingerprint density at radius 1 is 1.08 bits per heavy atom. The number of rotatable bonds is 4. The van der Waals surface area contributed by atoms with Gasteiger partial charge in [-0.1, -0.05) is 24.3 Å². The predicted octanol–water partition coefficient (Wildman–Crippen LogP) is 3.18. The topological polar surface area (TPSA) is 74.0 Å². The quantitative estimate of drug-likeness (QED) is 0.646. The molecule has 0 aliphatic carbocycles. The van der Waals surface area contributed by atoms with E-state index in [4.69, 9.17) is 0 Å². The van der Waals surface area contributed by atoms with Gasteiger partial charge in [-0.05, 0) is 35.9 Å². The molecule has 0 saturated heterocycles. The third-order valence-electron chi connectivity index (χ3n) is 3.65. The lowest BCUT2D eigenvalue weighted by Crippen LogP contribution is -2.18. The highest BCUT2D eigenvalue weighted by atomic mass is 16.2. The van der Waals surface area contributed by atoms with Crippen molar-refractivity contribution in [1.29, 1.82) is 0 Å². The fraction of sp³-hybridized carbons (Fsp3) is 0.0526. The minimum Gasteiger partial charge on any atom is -0.361 e. The van der Waals surface area contributed by atoms with Crippen molar-refractivity contribution in [1.82, 2.24) is 10.3 Å². The normalized spacial score (nSPS) is 10.9. The molecule has 1 aromatic heterocycles. The van der Waals surface area contributed by atoms with Crippen LogP contribution in [0.1, 0.15) is 15.9 Å². The molecule has 5 nitrogen and oxygen atoms in total. The molecule has 0 atom stereocenters. The Balaban J connectivity index is 1.73. The number of carbonyl (C=O) groups excluding carboxylic acids is 2. The number of benzene rings is 2. The maximum absolute atomic E-state index is 12.1. The van der Waals surface area contributed by atoms with Crippen molar-refractivity contribution in [2.75, 3.05) is 12.4 Å². The average molecular weight is 319 g/mol. The number of nitrogens with one attached hydrogen (secondary N) is 3. The van der Waals surface area contributed by atoms with Gasteiger partial charge in [0.2, 0.25) is 5.91 Å². The number of aromatic nitrogens is 1. The maximum atomic E-state index is 12.1. The van der Waals surface area contributed by atoms with Crippen LogP contribution in [0.3, 0.4) is 0 Å². The lowest BCUT2D eigenvalue weighted by molar-refractivity contribution is -0.111. The Kier molecular flexibility index (Phi) is 4.43. The van der Waals surface area contributed by atoms with E-state index in [9.17, 15) is 9.59 Å². The van der Waals surface area contributed by atoms with Gasteiger partial charge in [0.25, 0.3) is 5.91 Å². The van der Waals surface area contributed by atoms with Crippen molar-refractivity contribution in [2.45, 2.75) is 0 Å². The summed E-state index contributed by atoms with van der Waals surface area (Å²) in [5.74, 6) is -0.449. The summed E-state index contributed by atoms with van der Waals surface area (Å²) in [4.78, 5) is 26.9. The lowest BCUT2D eigenvalue weighted by atomic mass is 10.1. The van der Waals surface area contributed by atoms with Crippen LogP contribution in [-0.4, -0.2) is 23.8 Å². The average Bonchev–Trinajstić information content (AvgIpc) is 3.03. The Bertz CT molecular complexity index is 925. The predicted molar refractivity (Wildman–Crippen MR) is 95.8 cm³/mol. The fourth-order valence-corrected chi connectivity index (χ4v) is 2.46. The molecule has 24 heavy (non-hydrogen) atoms. The molecule has 3 N–H and O–H groups in total. The molecule has 0 aliphatic rings. The van der Waals surface area contributed by atoms with Crippen molar-refractivity contribution in [3.63, 3.8) is 0 Å². The highest BCUT2D eigenvalue weighted by Gasteiger charge is 2.05. The molecule has 5 heteroatoms. The van der Waals surface area contributed by atoms with Crippen molar-refractivity contribution in [3.8, 4) is 0 Å². The van der Waals surface area contributed by atoms with E-state index in [-0.39, 0.29) is 11.8 Å². The molecule has 0 spiro atoms. The first kappa shape index (κ1) is 15.6. The number of fused-ring (bicyclic) bond motifs is 1. The molecule has 3 aromatic rings. The number of amides is 2. The molecule has 1 heterocycles. The summed E-state index contributed by atoms with van der Waals surface area (Å²) in [5, 5.41) is 6.37. The van der Waals surface area contributed by atoms with Crippen LogP contribution in [0.4, 0.5) is 5.69 Å². The minimum atomic E-state index is -0.255. The van der Waals surface area contributed by atoms with Gasteiger partial charge < -0.3 is 15.6 Å². The second-order valence-electron chi connectivity index (χ2n) is 5.27. The first-order chi connectivity index (χ1) is 11.7. The van der Waals surface area contributed by atoms with E-state index in [1.54, 1.807) is 37.4 Å². The van der Waals surface area contributed by atoms with E-state index in [1.807, 2.05) is 30.5 Å². The van der Waals surface area contributed by atoms with Gasteiger partial charge in [0.15, 0.2) is 0 Å². The summed E-state index contributed by atoms with van der Waals surface area (Å²) < 4.78 is 0.